The standard InChI is InChI=1S/C20H31F2N5O/c1-2-23-20(24-6-8-26-9-11-28-12-10-26)25-14-16-5-7-27(15-16)17-3-4-18(21)19(22)13-17/h3-4,13,16H,2,5-12,14-15H2,1H3,(H2,23,24,25). The van der Waals surface area contributed by atoms with E-state index in [1.54, 1.807) is 6.07 Å². The van der Waals surface area contributed by atoms with E-state index in [1.165, 1.54) is 12.1 Å². The van der Waals surface area contributed by atoms with Gasteiger partial charge >= 0.3 is 0 Å². The molecule has 0 aliphatic carbocycles. The molecule has 2 N–H and O–H groups in total. The highest BCUT2D eigenvalue weighted by molar-refractivity contribution is 5.79. The van der Waals surface area contributed by atoms with Crippen molar-refractivity contribution in [3.05, 3.63) is 29.8 Å². The van der Waals surface area contributed by atoms with Crippen LogP contribution in [-0.2, 0) is 4.74 Å². The van der Waals surface area contributed by atoms with Crippen molar-refractivity contribution in [1.29, 1.82) is 0 Å². The predicted molar refractivity (Wildman–Crippen MR) is 108 cm³/mol. The highest BCUT2D eigenvalue weighted by Crippen LogP contribution is 2.25. The molecule has 1 aromatic rings. The van der Waals surface area contributed by atoms with Gasteiger partial charge in [-0.15, -0.1) is 0 Å². The summed E-state index contributed by atoms with van der Waals surface area (Å²) in [7, 11) is 0. The lowest BCUT2D eigenvalue weighted by Crippen LogP contribution is -2.44. The largest absolute Gasteiger partial charge is 0.379 e. The number of aliphatic imine (C=N–C) groups is 1. The van der Waals surface area contributed by atoms with Crippen LogP contribution in [0.3, 0.4) is 0 Å². The van der Waals surface area contributed by atoms with Crippen molar-refractivity contribution in [3.8, 4) is 0 Å². The smallest absolute Gasteiger partial charge is 0.191 e. The molecule has 2 fully saturated rings. The molecule has 28 heavy (non-hydrogen) atoms. The molecule has 156 valence electrons. The fourth-order valence-electron chi connectivity index (χ4n) is 3.62. The zero-order valence-corrected chi connectivity index (χ0v) is 16.6. The normalized spacial score (nSPS) is 21.2. The van der Waals surface area contributed by atoms with E-state index in [2.05, 4.69) is 27.4 Å². The summed E-state index contributed by atoms with van der Waals surface area (Å²) in [6.07, 6.45) is 0.996. The summed E-state index contributed by atoms with van der Waals surface area (Å²) >= 11 is 0. The van der Waals surface area contributed by atoms with Crippen LogP contribution in [0.5, 0.6) is 0 Å². The van der Waals surface area contributed by atoms with Gasteiger partial charge in [0.2, 0.25) is 0 Å². The molecule has 0 bridgehead atoms. The van der Waals surface area contributed by atoms with Crippen molar-refractivity contribution in [2.24, 2.45) is 10.9 Å². The number of ether oxygens (including phenoxy) is 1. The van der Waals surface area contributed by atoms with E-state index in [-0.39, 0.29) is 0 Å². The molecule has 1 aromatic carbocycles. The molecule has 1 atom stereocenters. The molecule has 0 amide bonds. The average molecular weight is 395 g/mol. The van der Waals surface area contributed by atoms with Crippen LogP contribution in [0, 0.1) is 17.6 Å². The van der Waals surface area contributed by atoms with Gasteiger partial charge < -0.3 is 20.3 Å². The fraction of sp³-hybridized carbons (Fsp3) is 0.650. The zero-order chi connectivity index (χ0) is 19.8. The quantitative estimate of drug-likeness (QED) is 0.544. The summed E-state index contributed by atoms with van der Waals surface area (Å²) in [4.78, 5) is 9.21. The SMILES string of the molecule is CCNC(=NCC1CCN(c2ccc(F)c(F)c2)C1)NCCN1CCOCC1. The molecule has 2 saturated heterocycles. The maximum atomic E-state index is 13.5. The van der Waals surface area contributed by atoms with Crippen LogP contribution in [-0.4, -0.2) is 76.4 Å². The Hall–Kier alpha value is -1.93. The molecule has 2 aliphatic rings. The van der Waals surface area contributed by atoms with E-state index in [0.29, 0.717) is 12.5 Å². The number of benzene rings is 1. The monoisotopic (exact) mass is 395 g/mol. The van der Waals surface area contributed by atoms with Gasteiger partial charge in [0, 0.05) is 64.1 Å². The summed E-state index contributed by atoms with van der Waals surface area (Å²) in [5, 5.41) is 6.69. The van der Waals surface area contributed by atoms with Crippen LogP contribution in [0.25, 0.3) is 0 Å². The van der Waals surface area contributed by atoms with Crippen LogP contribution in [0.4, 0.5) is 14.5 Å². The second-order valence-electron chi connectivity index (χ2n) is 7.30. The number of hydrogen-bond donors (Lipinski definition) is 2. The maximum Gasteiger partial charge on any atom is 0.191 e. The van der Waals surface area contributed by atoms with Crippen molar-refractivity contribution in [3.63, 3.8) is 0 Å². The Kier molecular flexibility index (Phi) is 7.85. The average Bonchev–Trinajstić information content (AvgIpc) is 3.18. The number of nitrogens with zero attached hydrogens (tertiary/aromatic N) is 3. The third-order valence-electron chi connectivity index (χ3n) is 5.23. The minimum Gasteiger partial charge on any atom is -0.379 e. The Morgan fingerprint density at radius 1 is 1.18 bits per heavy atom. The summed E-state index contributed by atoms with van der Waals surface area (Å²) in [5.74, 6) is -0.356. The van der Waals surface area contributed by atoms with Crippen molar-refractivity contribution in [2.45, 2.75) is 13.3 Å². The van der Waals surface area contributed by atoms with Gasteiger partial charge in [0.1, 0.15) is 0 Å². The van der Waals surface area contributed by atoms with E-state index in [1.807, 2.05) is 0 Å². The van der Waals surface area contributed by atoms with Crippen LogP contribution < -0.4 is 15.5 Å². The second-order valence-corrected chi connectivity index (χ2v) is 7.30. The Balaban J connectivity index is 1.45. The first-order valence-electron chi connectivity index (χ1n) is 10.2. The second kappa shape index (κ2) is 10.6. The van der Waals surface area contributed by atoms with Gasteiger partial charge in [0.05, 0.1) is 13.2 Å². The van der Waals surface area contributed by atoms with E-state index >= 15 is 0 Å². The van der Waals surface area contributed by atoms with Gasteiger partial charge in [-0.25, -0.2) is 8.78 Å². The summed E-state index contributed by atoms with van der Waals surface area (Å²) in [5.41, 5.74) is 0.737. The molecule has 2 aliphatic heterocycles. The van der Waals surface area contributed by atoms with Gasteiger partial charge in [0.25, 0.3) is 0 Å². The molecule has 0 aromatic heterocycles. The lowest BCUT2D eigenvalue weighted by molar-refractivity contribution is 0.0389. The fourth-order valence-corrected chi connectivity index (χ4v) is 3.62. The van der Waals surface area contributed by atoms with Gasteiger partial charge in [-0.05, 0) is 31.4 Å². The molecule has 6 nitrogen and oxygen atoms in total. The Bertz CT molecular complexity index is 651. The van der Waals surface area contributed by atoms with E-state index < -0.39 is 11.6 Å². The summed E-state index contributed by atoms with van der Waals surface area (Å²) in [6, 6.07) is 4.11. The lowest BCUT2D eigenvalue weighted by Gasteiger charge is -2.26. The number of morpholine rings is 1. The third kappa shape index (κ3) is 6.04. The first kappa shape index (κ1) is 20.8. The molecular formula is C20H31F2N5O. The molecule has 8 heteroatoms. The molecule has 2 heterocycles. The van der Waals surface area contributed by atoms with E-state index in [9.17, 15) is 8.78 Å². The predicted octanol–water partition coefficient (Wildman–Crippen LogP) is 1.68. The molecule has 0 radical (unpaired) electrons. The lowest BCUT2D eigenvalue weighted by atomic mass is 10.1. The highest BCUT2D eigenvalue weighted by Gasteiger charge is 2.23. The number of guanidine groups is 1. The highest BCUT2D eigenvalue weighted by atomic mass is 19.2. The van der Waals surface area contributed by atoms with E-state index in [4.69, 9.17) is 9.73 Å². The van der Waals surface area contributed by atoms with Gasteiger partial charge in [-0.2, -0.15) is 0 Å². The van der Waals surface area contributed by atoms with Crippen LogP contribution in [0.2, 0.25) is 0 Å². The van der Waals surface area contributed by atoms with Crippen molar-refractivity contribution in [1.82, 2.24) is 15.5 Å². The Morgan fingerprint density at radius 2 is 2.00 bits per heavy atom. The number of hydrogen-bond acceptors (Lipinski definition) is 4. The Morgan fingerprint density at radius 3 is 2.75 bits per heavy atom. The van der Waals surface area contributed by atoms with Gasteiger partial charge in [-0.1, -0.05) is 0 Å². The van der Waals surface area contributed by atoms with Gasteiger partial charge in [0.15, 0.2) is 17.6 Å². The molecule has 0 saturated carbocycles. The summed E-state index contributed by atoms with van der Waals surface area (Å²) < 4.78 is 32.0. The number of anilines is 1. The number of nitrogens with one attached hydrogen (secondary N) is 2. The van der Waals surface area contributed by atoms with Crippen LogP contribution in [0.1, 0.15) is 13.3 Å². The number of rotatable bonds is 7. The molecule has 0 spiro atoms. The first-order chi connectivity index (χ1) is 13.7. The minimum atomic E-state index is -0.803. The minimum absolute atomic E-state index is 0.405. The first-order valence-corrected chi connectivity index (χ1v) is 10.2. The van der Waals surface area contributed by atoms with Crippen LogP contribution in [0.15, 0.2) is 23.2 Å². The van der Waals surface area contributed by atoms with Crippen molar-refractivity contribution < 1.29 is 13.5 Å². The van der Waals surface area contributed by atoms with E-state index in [0.717, 1.165) is 77.1 Å². The summed E-state index contributed by atoms with van der Waals surface area (Å²) in [6.45, 7) is 10.6. The molecule has 1 unspecified atom stereocenters. The topological polar surface area (TPSA) is 52.1 Å². The van der Waals surface area contributed by atoms with Crippen molar-refractivity contribution >= 4 is 11.6 Å². The molecular weight excluding hydrogens is 364 g/mol. The Labute approximate surface area is 165 Å². The maximum absolute atomic E-state index is 13.5. The van der Waals surface area contributed by atoms with Crippen LogP contribution >= 0.6 is 0 Å². The molecule has 3 rings (SSSR count). The van der Waals surface area contributed by atoms with Crippen molar-refractivity contribution in [2.75, 3.05) is 70.5 Å². The third-order valence-corrected chi connectivity index (χ3v) is 5.23. The van der Waals surface area contributed by atoms with Gasteiger partial charge in [-0.3, -0.25) is 9.89 Å². The number of halogens is 2. The zero-order valence-electron chi connectivity index (χ0n) is 16.6.